The molecule has 2 unspecified atom stereocenters. The average Bonchev–Trinajstić information content (AvgIpc) is 2.25. The minimum Gasteiger partial charge on any atom is -0.481 e. The van der Waals surface area contributed by atoms with E-state index < -0.39 is 12.1 Å². The Bertz CT molecular complexity index is 363. The molecule has 4 N–H and O–H groups in total. The summed E-state index contributed by atoms with van der Waals surface area (Å²) in [5.74, 6) is -0.857. The van der Waals surface area contributed by atoms with E-state index in [9.17, 15) is 9.90 Å². The monoisotopic (exact) mass is 223 g/mol. The van der Waals surface area contributed by atoms with Gasteiger partial charge in [-0.05, 0) is 24.5 Å². The normalized spacial score (nSPS) is 14.4. The van der Waals surface area contributed by atoms with E-state index in [1.807, 2.05) is 18.2 Å². The van der Waals surface area contributed by atoms with Crippen molar-refractivity contribution >= 4 is 5.97 Å². The topological polar surface area (TPSA) is 83.5 Å². The number of benzene rings is 1. The first kappa shape index (κ1) is 12.7. The first-order valence-electron chi connectivity index (χ1n) is 5.26. The summed E-state index contributed by atoms with van der Waals surface area (Å²) < 4.78 is 0. The second kappa shape index (κ2) is 5.63. The first-order chi connectivity index (χ1) is 7.52. The van der Waals surface area contributed by atoms with Crippen LogP contribution >= 0.6 is 0 Å². The second-order valence-electron chi connectivity index (χ2n) is 3.84. The molecular formula is C12H17NO3. The molecule has 0 aliphatic heterocycles. The number of aliphatic hydroxyl groups is 1. The molecule has 1 rings (SSSR count). The van der Waals surface area contributed by atoms with Crippen molar-refractivity contribution in [1.82, 2.24) is 0 Å². The van der Waals surface area contributed by atoms with E-state index in [1.54, 1.807) is 13.0 Å². The van der Waals surface area contributed by atoms with Crippen LogP contribution in [-0.4, -0.2) is 16.2 Å². The summed E-state index contributed by atoms with van der Waals surface area (Å²) in [5.41, 5.74) is 7.49. The number of carboxylic acids is 1. The second-order valence-corrected chi connectivity index (χ2v) is 3.84. The number of hydrogen-bond acceptors (Lipinski definition) is 3. The Hall–Kier alpha value is -1.39. The Balaban J connectivity index is 2.81. The van der Waals surface area contributed by atoms with Gasteiger partial charge in [-0.15, -0.1) is 0 Å². The summed E-state index contributed by atoms with van der Waals surface area (Å²) in [5, 5.41) is 18.1. The molecule has 0 saturated carbocycles. The van der Waals surface area contributed by atoms with Gasteiger partial charge < -0.3 is 15.9 Å². The smallest absolute Gasteiger partial charge is 0.303 e. The predicted molar refractivity (Wildman–Crippen MR) is 60.9 cm³/mol. The van der Waals surface area contributed by atoms with Crippen molar-refractivity contribution < 1.29 is 15.0 Å². The van der Waals surface area contributed by atoms with Gasteiger partial charge in [0.25, 0.3) is 0 Å². The Kier molecular flexibility index (Phi) is 4.46. The lowest BCUT2D eigenvalue weighted by atomic mass is 9.95. The third-order valence-corrected chi connectivity index (χ3v) is 2.51. The number of aliphatic hydroxyl groups excluding tert-OH is 1. The van der Waals surface area contributed by atoms with Crippen molar-refractivity contribution in [2.75, 3.05) is 0 Å². The summed E-state index contributed by atoms with van der Waals surface area (Å²) in [6.07, 6.45) is -0.180. The van der Waals surface area contributed by atoms with Crippen LogP contribution in [0.25, 0.3) is 0 Å². The molecule has 0 aromatic heterocycles. The Morgan fingerprint density at radius 1 is 1.38 bits per heavy atom. The molecule has 1 aromatic carbocycles. The molecule has 0 aliphatic carbocycles. The van der Waals surface area contributed by atoms with Gasteiger partial charge in [-0.25, -0.2) is 0 Å². The number of nitrogens with two attached hydrogens (primary N) is 1. The quantitative estimate of drug-likeness (QED) is 0.708. The van der Waals surface area contributed by atoms with Gasteiger partial charge in [-0.3, -0.25) is 4.79 Å². The van der Waals surface area contributed by atoms with Crippen LogP contribution in [0, 0.1) is 0 Å². The Morgan fingerprint density at radius 2 is 1.94 bits per heavy atom. The lowest BCUT2D eigenvalue weighted by Gasteiger charge is -2.17. The van der Waals surface area contributed by atoms with Crippen LogP contribution in [0.1, 0.15) is 43.0 Å². The zero-order valence-corrected chi connectivity index (χ0v) is 9.26. The first-order valence-corrected chi connectivity index (χ1v) is 5.26. The molecule has 2 atom stereocenters. The fourth-order valence-electron chi connectivity index (χ4n) is 1.66. The van der Waals surface area contributed by atoms with E-state index in [1.165, 1.54) is 0 Å². The third-order valence-electron chi connectivity index (χ3n) is 2.51. The minimum atomic E-state index is -0.857. The molecule has 0 spiro atoms. The predicted octanol–water partition coefficient (Wildman–Crippen LogP) is 1.60. The van der Waals surface area contributed by atoms with E-state index in [-0.39, 0.29) is 12.5 Å². The van der Waals surface area contributed by atoms with E-state index in [2.05, 4.69) is 0 Å². The molecule has 0 amide bonds. The van der Waals surface area contributed by atoms with Crippen LogP contribution in [0.15, 0.2) is 24.3 Å². The maximum Gasteiger partial charge on any atom is 0.303 e. The van der Waals surface area contributed by atoms with E-state index in [0.29, 0.717) is 6.42 Å². The standard InChI is InChI=1S/C12H17NO3/c1-8(14)9-4-2-3-5-10(9)11(13)6-7-12(15)16/h2-5,8,11,14H,6-7,13H2,1H3,(H,15,16). The molecule has 0 saturated heterocycles. The summed E-state index contributed by atoms with van der Waals surface area (Å²) in [7, 11) is 0. The molecule has 0 aliphatic rings. The van der Waals surface area contributed by atoms with Gasteiger partial charge in [0, 0.05) is 12.5 Å². The lowest BCUT2D eigenvalue weighted by molar-refractivity contribution is -0.137. The van der Waals surface area contributed by atoms with Crippen LogP contribution in [0.5, 0.6) is 0 Å². The van der Waals surface area contributed by atoms with Crippen molar-refractivity contribution in [3.63, 3.8) is 0 Å². The third kappa shape index (κ3) is 3.32. The number of aliphatic carboxylic acids is 1. The van der Waals surface area contributed by atoms with E-state index in [4.69, 9.17) is 10.8 Å². The van der Waals surface area contributed by atoms with E-state index in [0.717, 1.165) is 11.1 Å². The van der Waals surface area contributed by atoms with Gasteiger partial charge in [-0.1, -0.05) is 24.3 Å². The zero-order chi connectivity index (χ0) is 12.1. The van der Waals surface area contributed by atoms with Gasteiger partial charge in [0.05, 0.1) is 6.10 Å². The average molecular weight is 223 g/mol. The Morgan fingerprint density at radius 3 is 2.44 bits per heavy atom. The highest BCUT2D eigenvalue weighted by Crippen LogP contribution is 2.24. The largest absolute Gasteiger partial charge is 0.481 e. The highest BCUT2D eigenvalue weighted by molar-refractivity contribution is 5.66. The number of carboxylic acid groups (broad SMARTS) is 1. The van der Waals surface area contributed by atoms with Crippen LogP contribution in [0.4, 0.5) is 0 Å². The summed E-state index contributed by atoms with van der Waals surface area (Å²) in [6.45, 7) is 1.67. The molecule has 4 nitrogen and oxygen atoms in total. The van der Waals surface area contributed by atoms with Gasteiger partial charge in [0.2, 0.25) is 0 Å². The summed E-state index contributed by atoms with van der Waals surface area (Å²) in [6, 6.07) is 6.95. The maximum atomic E-state index is 10.4. The van der Waals surface area contributed by atoms with Crippen LogP contribution in [-0.2, 0) is 4.79 Å². The van der Waals surface area contributed by atoms with Crippen LogP contribution in [0.2, 0.25) is 0 Å². The number of hydrogen-bond donors (Lipinski definition) is 3. The van der Waals surface area contributed by atoms with Crippen LogP contribution < -0.4 is 5.73 Å². The van der Waals surface area contributed by atoms with Gasteiger partial charge in [-0.2, -0.15) is 0 Å². The van der Waals surface area contributed by atoms with Crippen molar-refractivity contribution in [2.24, 2.45) is 5.73 Å². The summed E-state index contributed by atoms with van der Waals surface area (Å²) in [4.78, 5) is 10.4. The minimum absolute atomic E-state index is 0.0370. The molecule has 0 bridgehead atoms. The maximum absolute atomic E-state index is 10.4. The van der Waals surface area contributed by atoms with E-state index >= 15 is 0 Å². The van der Waals surface area contributed by atoms with Crippen molar-refractivity contribution in [3.8, 4) is 0 Å². The molecule has 0 radical (unpaired) electrons. The van der Waals surface area contributed by atoms with Crippen molar-refractivity contribution in [2.45, 2.75) is 31.9 Å². The molecule has 4 heteroatoms. The Labute approximate surface area is 94.7 Å². The van der Waals surface area contributed by atoms with Gasteiger partial charge >= 0.3 is 5.97 Å². The van der Waals surface area contributed by atoms with Gasteiger partial charge in [0.1, 0.15) is 0 Å². The molecule has 0 heterocycles. The lowest BCUT2D eigenvalue weighted by Crippen LogP contribution is -2.15. The molecular weight excluding hydrogens is 206 g/mol. The molecule has 0 fully saturated rings. The fraction of sp³-hybridized carbons (Fsp3) is 0.417. The number of carbonyl (C=O) groups is 1. The SMILES string of the molecule is CC(O)c1ccccc1C(N)CCC(=O)O. The number of rotatable bonds is 5. The molecule has 16 heavy (non-hydrogen) atoms. The van der Waals surface area contributed by atoms with Gasteiger partial charge in [0.15, 0.2) is 0 Å². The fourth-order valence-corrected chi connectivity index (χ4v) is 1.66. The highest BCUT2D eigenvalue weighted by Gasteiger charge is 2.14. The molecule has 88 valence electrons. The highest BCUT2D eigenvalue weighted by atomic mass is 16.4. The van der Waals surface area contributed by atoms with Crippen molar-refractivity contribution in [1.29, 1.82) is 0 Å². The summed E-state index contributed by atoms with van der Waals surface area (Å²) >= 11 is 0. The van der Waals surface area contributed by atoms with Crippen molar-refractivity contribution in [3.05, 3.63) is 35.4 Å². The van der Waals surface area contributed by atoms with Crippen LogP contribution in [0.3, 0.4) is 0 Å². The molecule has 1 aromatic rings. The zero-order valence-electron chi connectivity index (χ0n) is 9.26.